The average Bonchev–Trinajstić information content (AvgIpc) is 2.35. The van der Waals surface area contributed by atoms with Crippen molar-refractivity contribution in [2.24, 2.45) is 0 Å². The summed E-state index contributed by atoms with van der Waals surface area (Å²) in [6.07, 6.45) is -0.399. The third-order valence-corrected chi connectivity index (χ3v) is 3.74. The highest BCUT2D eigenvalue weighted by Crippen LogP contribution is 2.34. The third kappa shape index (κ3) is 6.98. The number of halogens is 2. The van der Waals surface area contributed by atoms with Gasteiger partial charge in [-0.2, -0.15) is 0 Å². The number of carbonyl (C=O) groups is 1. The summed E-state index contributed by atoms with van der Waals surface area (Å²) in [6.45, 7) is 7.36. The minimum absolute atomic E-state index is 0.399. The van der Waals surface area contributed by atoms with E-state index in [0.29, 0.717) is 19.6 Å². The Balaban J connectivity index is 2.32. The van der Waals surface area contributed by atoms with Crippen LogP contribution in [0.15, 0.2) is 21.1 Å². The summed E-state index contributed by atoms with van der Waals surface area (Å²) in [4.78, 5) is 11.5. The van der Waals surface area contributed by atoms with Gasteiger partial charge >= 0.3 is 6.09 Å². The Labute approximate surface area is 148 Å². The first kappa shape index (κ1) is 19.3. The number of rotatable bonds is 6. The quantitative estimate of drug-likeness (QED) is 0.664. The first-order valence-electron chi connectivity index (χ1n) is 6.92. The Morgan fingerprint density at radius 2 is 1.77 bits per heavy atom. The topological polar surface area (TPSA) is 59.6 Å². The van der Waals surface area contributed by atoms with Gasteiger partial charge in [-0.3, -0.25) is 0 Å². The molecule has 0 unspecified atom stereocenters. The average molecular weight is 438 g/mol. The molecule has 124 valence electrons. The highest BCUT2D eigenvalue weighted by molar-refractivity contribution is 9.11. The van der Waals surface area contributed by atoms with E-state index in [1.807, 2.05) is 32.9 Å². The van der Waals surface area contributed by atoms with Crippen LogP contribution in [-0.2, 0) is 11.3 Å². The van der Waals surface area contributed by atoms with Crippen molar-refractivity contribution in [3.63, 3.8) is 0 Å². The Hall–Kier alpha value is -0.790. The molecule has 0 atom stereocenters. The predicted molar refractivity (Wildman–Crippen MR) is 94.3 cm³/mol. The monoisotopic (exact) mass is 436 g/mol. The maximum Gasteiger partial charge on any atom is 0.407 e. The lowest BCUT2D eigenvalue weighted by molar-refractivity contribution is 0.0528. The normalized spacial score (nSPS) is 11.2. The molecular weight excluding hydrogens is 416 g/mol. The Morgan fingerprint density at radius 3 is 2.27 bits per heavy atom. The number of hydrogen-bond acceptors (Lipinski definition) is 4. The van der Waals surface area contributed by atoms with Crippen molar-refractivity contribution < 1.29 is 14.3 Å². The van der Waals surface area contributed by atoms with Crippen LogP contribution in [0.25, 0.3) is 0 Å². The molecule has 22 heavy (non-hydrogen) atoms. The van der Waals surface area contributed by atoms with E-state index >= 15 is 0 Å². The molecule has 0 spiro atoms. The smallest absolute Gasteiger partial charge is 0.407 e. The fourth-order valence-corrected chi connectivity index (χ4v) is 3.31. The van der Waals surface area contributed by atoms with Gasteiger partial charge in [-0.05, 0) is 70.3 Å². The molecule has 1 aromatic rings. The third-order valence-electron chi connectivity index (χ3n) is 2.56. The summed E-state index contributed by atoms with van der Waals surface area (Å²) >= 11 is 6.94. The summed E-state index contributed by atoms with van der Waals surface area (Å²) in [6, 6.07) is 4.00. The van der Waals surface area contributed by atoms with Crippen LogP contribution in [0.4, 0.5) is 4.79 Å². The Bertz CT molecular complexity index is 493. The number of benzene rings is 1. The molecule has 0 heterocycles. The van der Waals surface area contributed by atoms with Gasteiger partial charge in [0.25, 0.3) is 0 Å². The molecule has 0 aliphatic carbocycles. The fourth-order valence-electron chi connectivity index (χ4n) is 1.71. The van der Waals surface area contributed by atoms with E-state index < -0.39 is 11.7 Å². The molecule has 0 aliphatic rings. The second kappa shape index (κ2) is 8.74. The molecule has 2 N–H and O–H groups in total. The molecule has 1 rings (SSSR count). The summed E-state index contributed by atoms with van der Waals surface area (Å²) in [7, 11) is 1.63. The number of amides is 1. The van der Waals surface area contributed by atoms with Crippen LogP contribution in [0.1, 0.15) is 26.3 Å². The zero-order valence-corrected chi connectivity index (χ0v) is 16.4. The summed E-state index contributed by atoms with van der Waals surface area (Å²) in [5, 5.41) is 5.96. The van der Waals surface area contributed by atoms with Crippen molar-refractivity contribution in [1.82, 2.24) is 10.6 Å². The molecule has 1 aromatic carbocycles. The molecule has 5 nitrogen and oxygen atoms in total. The molecule has 0 radical (unpaired) electrons. The second-order valence-corrected chi connectivity index (χ2v) is 7.41. The number of ether oxygens (including phenoxy) is 2. The van der Waals surface area contributed by atoms with Gasteiger partial charge in [-0.1, -0.05) is 0 Å². The molecule has 0 bridgehead atoms. The minimum atomic E-state index is -0.473. The molecule has 7 heteroatoms. The molecule has 0 aromatic heterocycles. The van der Waals surface area contributed by atoms with E-state index in [1.165, 1.54) is 0 Å². The van der Waals surface area contributed by atoms with Gasteiger partial charge in [0.15, 0.2) is 0 Å². The fraction of sp³-hybridized carbons (Fsp3) is 0.533. The lowest BCUT2D eigenvalue weighted by Crippen LogP contribution is -2.36. The number of alkyl carbamates (subject to hydrolysis) is 1. The Morgan fingerprint density at radius 1 is 1.18 bits per heavy atom. The number of carbonyl (C=O) groups excluding carboxylic acids is 1. The largest absolute Gasteiger partial charge is 0.494 e. The van der Waals surface area contributed by atoms with Crippen molar-refractivity contribution in [2.75, 3.05) is 20.2 Å². The summed E-state index contributed by atoms with van der Waals surface area (Å²) in [5.41, 5.74) is 0.635. The van der Waals surface area contributed by atoms with Gasteiger partial charge in [-0.15, -0.1) is 0 Å². The highest BCUT2D eigenvalue weighted by Gasteiger charge is 2.15. The predicted octanol–water partition coefficient (Wildman–Crippen LogP) is 3.83. The number of nitrogens with one attached hydrogen (secondary N) is 2. The molecular formula is C15H22Br2N2O3. The molecule has 0 fully saturated rings. The number of methoxy groups -OCH3 is 1. The number of hydrogen-bond donors (Lipinski definition) is 2. The maximum atomic E-state index is 11.5. The lowest BCUT2D eigenvalue weighted by Gasteiger charge is -2.19. The van der Waals surface area contributed by atoms with Crippen LogP contribution >= 0.6 is 31.9 Å². The van der Waals surface area contributed by atoms with E-state index in [0.717, 1.165) is 20.3 Å². The van der Waals surface area contributed by atoms with E-state index in [2.05, 4.69) is 42.5 Å². The van der Waals surface area contributed by atoms with Crippen molar-refractivity contribution in [2.45, 2.75) is 32.9 Å². The maximum absolute atomic E-state index is 11.5. The van der Waals surface area contributed by atoms with Crippen molar-refractivity contribution in [1.29, 1.82) is 0 Å². The van der Waals surface area contributed by atoms with Gasteiger partial charge in [0.1, 0.15) is 11.4 Å². The van der Waals surface area contributed by atoms with Crippen LogP contribution in [0, 0.1) is 0 Å². The van der Waals surface area contributed by atoms with Crippen molar-refractivity contribution in [3.05, 3.63) is 26.6 Å². The van der Waals surface area contributed by atoms with Crippen LogP contribution in [-0.4, -0.2) is 31.9 Å². The van der Waals surface area contributed by atoms with Crippen molar-refractivity contribution >= 4 is 38.0 Å². The van der Waals surface area contributed by atoms with E-state index in [9.17, 15) is 4.79 Å². The molecule has 0 saturated heterocycles. The standard InChI is InChI=1S/C15H22Br2N2O3/c1-15(2,3)22-14(20)19-6-5-18-9-10-7-11(16)13(21-4)12(17)8-10/h7-8,18H,5-6,9H2,1-4H3,(H,19,20). The van der Waals surface area contributed by atoms with Gasteiger partial charge in [0.05, 0.1) is 16.1 Å². The van der Waals surface area contributed by atoms with Crippen molar-refractivity contribution in [3.8, 4) is 5.75 Å². The summed E-state index contributed by atoms with van der Waals surface area (Å²) < 4.78 is 12.2. The first-order valence-corrected chi connectivity index (χ1v) is 8.51. The lowest BCUT2D eigenvalue weighted by atomic mass is 10.2. The zero-order chi connectivity index (χ0) is 16.8. The van der Waals surface area contributed by atoms with E-state index in [4.69, 9.17) is 9.47 Å². The minimum Gasteiger partial charge on any atom is -0.494 e. The molecule has 1 amide bonds. The Kier molecular flexibility index (Phi) is 7.65. The van der Waals surface area contributed by atoms with E-state index in [-0.39, 0.29) is 0 Å². The summed E-state index contributed by atoms with van der Waals surface area (Å²) in [5.74, 6) is 0.773. The van der Waals surface area contributed by atoms with Crippen LogP contribution < -0.4 is 15.4 Å². The van der Waals surface area contributed by atoms with Gasteiger partial charge in [-0.25, -0.2) is 4.79 Å². The molecule has 0 aliphatic heterocycles. The van der Waals surface area contributed by atoms with Gasteiger partial charge < -0.3 is 20.1 Å². The zero-order valence-electron chi connectivity index (χ0n) is 13.3. The van der Waals surface area contributed by atoms with Gasteiger partial charge in [0, 0.05) is 19.6 Å². The second-order valence-electron chi connectivity index (χ2n) is 5.70. The SMILES string of the molecule is COc1c(Br)cc(CNCCNC(=O)OC(C)(C)C)cc1Br. The highest BCUT2D eigenvalue weighted by atomic mass is 79.9. The van der Waals surface area contributed by atoms with Crippen LogP contribution in [0.5, 0.6) is 5.75 Å². The first-order chi connectivity index (χ1) is 10.2. The van der Waals surface area contributed by atoms with Crippen LogP contribution in [0.3, 0.4) is 0 Å². The van der Waals surface area contributed by atoms with E-state index in [1.54, 1.807) is 7.11 Å². The molecule has 0 saturated carbocycles. The van der Waals surface area contributed by atoms with Gasteiger partial charge in [0.2, 0.25) is 0 Å². The van der Waals surface area contributed by atoms with Crippen LogP contribution in [0.2, 0.25) is 0 Å².